The molecule has 0 saturated carbocycles. The van der Waals surface area contributed by atoms with Crippen molar-refractivity contribution in [2.75, 3.05) is 26.1 Å². The van der Waals surface area contributed by atoms with Crippen LogP contribution in [0, 0.1) is 11.3 Å². The summed E-state index contributed by atoms with van der Waals surface area (Å²) in [4.78, 5) is 17.2. The molecule has 4 aromatic carbocycles. The van der Waals surface area contributed by atoms with E-state index in [4.69, 9.17) is 18.9 Å². The number of amides is 1. The second-order valence-electron chi connectivity index (χ2n) is 12.0. The lowest BCUT2D eigenvalue weighted by Gasteiger charge is -2.53. The van der Waals surface area contributed by atoms with Gasteiger partial charge in [0.15, 0.2) is 5.60 Å². The molecule has 1 amide bonds. The second kappa shape index (κ2) is 14.3. The lowest BCUT2D eigenvalue weighted by atomic mass is 9.54. The zero-order valence-electron chi connectivity index (χ0n) is 27.8. The van der Waals surface area contributed by atoms with Crippen LogP contribution in [0.5, 0.6) is 17.2 Å². The van der Waals surface area contributed by atoms with Crippen LogP contribution in [0.1, 0.15) is 22.4 Å². The zero-order valence-corrected chi connectivity index (χ0v) is 27.8. The average molecular weight is 692 g/mol. The monoisotopic (exact) mass is 691 g/mol. The molecule has 0 bridgehead atoms. The Morgan fingerprint density at radius 3 is 2.06 bits per heavy atom. The summed E-state index contributed by atoms with van der Waals surface area (Å²) in [6, 6.07) is 33.5. The highest BCUT2D eigenvalue weighted by Crippen LogP contribution is 2.60. The molecular weight excluding hydrogens is 654 g/mol. The van der Waals surface area contributed by atoms with Gasteiger partial charge in [0.2, 0.25) is 11.9 Å². The van der Waals surface area contributed by atoms with E-state index < -0.39 is 47.6 Å². The van der Waals surface area contributed by atoms with E-state index >= 15 is 0 Å². The Bertz CT molecular complexity index is 1960. The number of para-hydroxylation sites is 1. The van der Waals surface area contributed by atoms with Gasteiger partial charge >= 0.3 is 0 Å². The third kappa shape index (κ3) is 5.77. The predicted octanol–water partition coefficient (Wildman–Crippen LogP) is 3.50. The number of aromatic nitrogens is 1. The summed E-state index contributed by atoms with van der Waals surface area (Å²) >= 11 is 0. The quantitative estimate of drug-likeness (QED) is 0.106. The van der Waals surface area contributed by atoms with Crippen molar-refractivity contribution >= 4 is 11.6 Å². The fraction of sp³-hybridized carbons (Fsp3) is 0.231. The molecule has 6 N–H and O–H groups in total. The molecule has 12 nitrogen and oxygen atoms in total. The minimum Gasteiger partial charge on any atom is -0.497 e. The Morgan fingerprint density at radius 1 is 0.922 bits per heavy atom. The van der Waals surface area contributed by atoms with E-state index in [1.807, 2.05) is 6.07 Å². The van der Waals surface area contributed by atoms with Crippen molar-refractivity contribution in [1.82, 2.24) is 4.98 Å². The van der Waals surface area contributed by atoms with Crippen LogP contribution >= 0.6 is 0 Å². The van der Waals surface area contributed by atoms with Crippen molar-refractivity contribution in [2.24, 2.45) is 0 Å². The molecule has 1 saturated heterocycles. The summed E-state index contributed by atoms with van der Waals surface area (Å²) in [5.41, 5.74) is -3.76. The Labute approximate surface area is 294 Å². The van der Waals surface area contributed by atoms with Gasteiger partial charge in [0.25, 0.3) is 5.91 Å². The van der Waals surface area contributed by atoms with Gasteiger partial charge in [-0.2, -0.15) is 5.26 Å². The number of anilines is 1. The number of methoxy groups -OCH3 is 2. The van der Waals surface area contributed by atoms with Crippen molar-refractivity contribution < 1.29 is 44.2 Å². The number of hydrogen-bond acceptors (Lipinski definition) is 10. The van der Waals surface area contributed by atoms with Gasteiger partial charge in [0.1, 0.15) is 41.2 Å². The Morgan fingerprint density at radius 2 is 1.53 bits per heavy atom. The van der Waals surface area contributed by atoms with Gasteiger partial charge in [-0.25, -0.2) is 0 Å². The van der Waals surface area contributed by atoms with E-state index in [9.17, 15) is 30.5 Å². The van der Waals surface area contributed by atoms with Crippen molar-refractivity contribution in [3.63, 3.8) is 0 Å². The van der Waals surface area contributed by atoms with Crippen LogP contribution in [0.15, 0.2) is 121 Å². The molecule has 6 rings (SSSR count). The van der Waals surface area contributed by atoms with E-state index in [-0.39, 0.29) is 28.4 Å². The third-order valence-corrected chi connectivity index (χ3v) is 9.30. The molecule has 0 spiro atoms. The fourth-order valence-electron chi connectivity index (χ4n) is 7.05. The smallest absolute Gasteiger partial charge is 0.271 e. The molecule has 51 heavy (non-hydrogen) atoms. The molecule has 1 unspecified atom stereocenters. The van der Waals surface area contributed by atoms with Gasteiger partial charge < -0.3 is 49.7 Å². The van der Waals surface area contributed by atoms with Crippen LogP contribution in [0.2, 0.25) is 0 Å². The third-order valence-electron chi connectivity index (χ3n) is 9.30. The van der Waals surface area contributed by atoms with Gasteiger partial charge in [0.05, 0.1) is 31.9 Å². The van der Waals surface area contributed by atoms with E-state index in [2.05, 4.69) is 10.3 Å². The van der Waals surface area contributed by atoms with Gasteiger partial charge in [-0.15, -0.1) is 0 Å². The number of carbonyl (C=O) groups excluding carboxylic acids is 1. The Balaban J connectivity index is 1.71. The first-order valence-corrected chi connectivity index (χ1v) is 16.0. The summed E-state index contributed by atoms with van der Waals surface area (Å²) in [5, 5.41) is 62.0. The molecule has 1 fully saturated rings. The first-order chi connectivity index (χ1) is 24.7. The summed E-state index contributed by atoms with van der Waals surface area (Å²) in [6.45, 7) is -0.867. The summed E-state index contributed by atoms with van der Waals surface area (Å²) in [7, 11) is 2.91. The number of aliphatic hydroxyl groups is 4. The van der Waals surface area contributed by atoms with E-state index in [0.717, 1.165) is 0 Å². The van der Waals surface area contributed by atoms with E-state index in [1.165, 1.54) is 38.6 Å². The highest BCUT2D eigenvalue weighted by molar-refractivity contribution is 5.95. The number of rotatable bonds is 12. The maximum atomic E-state index is 14.5. The number of nitrogens with one attached hydrogen (secondary N) is 2. The molecule has 12 heteroatoms. The van der Waals surface area contributed by atoms with Crippen molar-refractivity contribution in [3.05, 3.63) is 144 Å². The molecule has 5 aromatic rings. The van der Waals surface area contributed by atoms with Crippen LogP contribution < -0.4 is 19.5 Å². The van der Waals surface area contributed by atoms with Crippen LogP contribution in [0.25, 0.3) is 0 Å². The molecular formula is C39H37N3O9. The van der Waals surface area contributed by atoms with Crippen LogP contribution in [-0.4, -0.2) is 81.8 Å². The number of benzene rings is 4. The fourth-order valence-corrected chi connectivity index (χ4v) is 7.05. The lowest BCUT2D eigenvalue weighted by Crippen LogP contribution is -2.74. The Kier molecular flexibility index (Phi) is 9.84. The minimum atomic E-state index is -3.15. The number of carbonyl (C=O) groups is 1. The number of hydrogen-bond donors (Lipinski definition) is 6. The summed E-state index contributed by atoms with van der Waals surface area (Å²) in [6.07, 6.45) is -4.48. The maximum Gasteiger partial charge on any atom is 0.271 e. The van der Waals surface area contributed by atoms with Gasteiger partial charge in [-0.3, -0.25) is 4.79 Å². The summed E-state index contributed by atoms with van der Waals surface area (Å²) < 4.78 is 23.8. The lowest BCUT2D eigenvalue weighted by molar-refractivity contribution is -0.309. The molecule has 0 aliphatic carbocycles. The number of H-pyrrole nitrogens is 1. The molecule has 1 aromatic heterocycles. The SMILES string of the molecule is COc1ccc(C(c2ccccc2)(c2ccccc2)[C@]2(O)[C@H](O)[C@@H](CO)O[C@@]2(O)C(Oc2ccccc2)C(=O)Nc2c[nH]c(C#N)c2)c(OC)c1. The molecule has 1 aliphatic heterocycles. The number of aliphatic hydroxyl groups excluding tert-OH is 2. The van der Waals surface area contributed by atoms with Crippen molar-refractivity contribution in [1.29, 1.82) is 5.26 Å². The average Bonchev–Trinajstić information content (AvgIpc) is 3.71. The zero-order chi connectivity index (χ0) is 36.2. The maximum absolute atomic E-state index is 14.5. The first kappa shape index (κ1) is 35.2. The number of aromatic amines is 1. The summed E-state index contributed by atoms with van der Waals surface area (Å²) in [5.74, 6) is -3.44. The van der Waals surface area contributed by atoms with Crippen LogP contribution in [-0.2, 0) is 14.9 Å². The molecule has 1 aliphatic rings. The molecule has 262 valence electrons. The second-order valence-corrected chi connectivity index (χ2v) is 12.0. The number of nitrogens with zero attached hydrogens (tertiary/aromatic N) is 1. The van der Waals surface area contributed by atoms with Crippen molar-refractivity contribution in [2.45, 2.75) is 35.1 Å². The molecule has 2 heterocycles. The normalized spacial score (nSPS) is 22.1. The number of ether oxygens (including phenoxy) is 4. The van der Waals surface area contributed by atoms with Gasteiger partial charge in [0, 0.05) is 17.8 Å². The topological polar surface area (TPSA) is 187 Å². The van der Waals surface area contributed by atoms with E-state index in [1.54, 1.807) is 97.1 Å². The Hall–Kier alpha value is -5.68. The van der Waals surface area contributed by atoms with Gasteiger partial charge in [-0.05, 0) is 35.4 Å². The van der Waals surface area contributed by atoms with Crippen LogP contribution in [0.4, 0.5) is 5.69 Å². The predicted molar refractivity (Wildman–Crippen MR) is 185 cm³/mol. The van der Waals surface area contributed by atoms with E-state index in [0.29, 0.717) is 16.9 Å². The highest BCUT2D eigenvalue weighted by Gasteiger charge is 2.78. The molecule has 0 radical (unpaired) electrons. The molecule has 5 atom stereocenters. The van der Waals surface area contributed by atoms with Gasteiger partial charge in [-0.1, -0.05) is 84.9 Å². The van der Waals surface area contributed by atoms with Crippen LogP contribution in [0.3, 0.4) is 0 Å². The van der Waals surface area contributed by atoms with Crippen molar-refractivity contribution in [3.8, 4) is 23.3 Å². The first-order valence-electron chi connectivity index (χ1n) is 16.0. The minimum absolute atomic E-state index is 0.109. The number of nitriles is 1. The largest absolute Gasteiger partial charge is 0.497 e. The highest BCUT2D eigenvalue weighted by atomic mass is 16.7. The standard InChI is InChI=1S/C39H37N3O9/c1-48-30-18-19-31(32(21-30)49-2)37(25-12-6-3-7-13-25,26-14-8-4-9-15-26)38(46)34(44)33(24-43)51-39(38,47)35(50-29-16-10-5-11-17-29)36(45)42-28-20-27(22-40)41-23-28/h3-21,23,33-35,41,43-44,46-47H,24H2,1-2H3,(H,42,45)/t33-,34-,35?,38-,39+/m1/s1.